The van der Waals surface area contributed by atoms with Crippen molar-refractivity contribution in [3.05, 3.63) is 63.6 Å². The van der Waals surface area contributed by atoms with Gasteiger partial charge in [0.05, 0.1) is 11.1 Å². The fourth-order valence-corrected chi connectivity index (χ4v) is 1.94. The van der Waals surface area contributed by atoms with E-state index in [0.29, 0.717) is 15.6 Å². The van der Waals surface area contributed by atoms with Crippen LogP contribution in [0.5, 0.6) is 5.75 Å². The summed E-state index contributed by atoms with van der Waals surface area (Å²) in [5.41, 5.74) is 0.548. The Kier molecular flexibility index (Phi) is 4.83. The first-order chi connectivity index (χ1) is 10.0. The maximum atomic E-state index is 12.1. The van der Waals surface area contributed by atoms with Crippen molar-refractivity contribution in [2.75, 3.05) is 7.05 Å². The molecule has 108 valence electrons. The molecule has 0 saturated heterocycles. The van der Waals surface area contributed by atoms with Crippen LogP contribution < -0.4 is 10.1 Å². The van der Waals surface area contributed by atoms with E-state index in [1.165, 1.54) is 31.3 Å². The first-order valence-corrected chi connectivity index (χ1v) is 6.76. The minimum atomic E-state index is -0.598. The Morgan fingerprint density at radius 3 is 2.24 bits per heavy atom. The van der Waals surface area contributed by atoms with E-state index >= 15 is 0 Å². The fourth-order valence-electron chi connectivity index (χ4n) is 1.65. The molecule has 0 radical (unpaired) electrons. The molecule has 0 unspecified atom stereocenters. The molecule has 21 heavy (non-hydrogen) atoms. The molecule has 2 rings (SSSR count). The number of esters is 1. The Balaban J connectivity index is 2.30. The number of rotatable bonds is 3. The molecule has 0 spiro atoms. The van der Waals surface area contributed by atoms with Gasteiger partial charge in [-0.25, -0.2) is 4.79 Å². The van der Waals surface area contributed by atoms with Crippen molar-refractivity contribution in [1.82, 2.24) is 5.32 Å². The molecular formula is C15H11Cl2NO3. The van der Waals surface area contributed by atoms with Gasteiger partial charge in [-0.05, 0) is 36.4 Å². The van der Waals surface area contributed by atoms with Crippen LogP contribution in [0.25, 0.3) is 0 Å². The van der Waals surface area contributed by atoms with Crippen LogP contribution in [0, 0.1) is 0 Å². The molecule has 0 bridgehead atoms. The second-order valence-electron chi connectivity index (χ2n) is 4.12. The minimum Gasteiger partial charge on any atom is -0.422 e. The van der Waals surface area contributed by atoms with Crippen LogP contribution in [0.15, 0.2) is 42.5 Å². The Bertz CT molecular complexity index is 684. The predicted molar refractivity (Wildman–Crippen MR) is 81.3 cm³/mol. The number of nitrogens with one attached hydrogen (secondary N) is 1. The molecule has 0 aliphatic carbocycles. The molecule has 6 heteroatoms. The zero-order chi connectivity index (χ0) is 15.4. The average Bonchev–Trinajstić information content (AvgIpc) is 2.47. The lowest BCUT2D eigenvalue weighted by Gasteiger charge is -2.09. The van der Waals surface area contributed by atoms with Crippen molar-refractivity contribution < 1.29 is 14.3 Å². The van der Waals surface area contributed by atoms with Gasteiger partial charge in [0.2, 0.25) is 0 Å². The zero-order valence-corrected chi connectivity index (χ0v) is 12.5. The van der Waals surface area contributed by atoms with Crippen molar-refractivity contribution >= 4 is 35.1 Å². The van der Waals surface area contributed by atoms with Crippen LogP contribution in [0.1, 0.15) is 20.7 Å². The number of ether oxygens (including phenoxy) is 1. The number of carbonyl (C=O) groups excluding carboxylic acids is 2. The average molecular weight is 324 g/mol. The molecule has 4 nitrogen and oxygen atoms in total. The highest BCUT2D eigenvalue weighted by Crippen LogP contribution is 2.24. The summed E-state index contributed by atoms with van der Waals surface area (Å²) in [6.45, 7) is 0. The van der Waals surface area contributed by atoms with Gasteiger partial charge in [-0.2, -0.15) is 0 Å². The van der Waals surface area contributed by atoms with Gasteiger partial charge in [0, 0.05) is 23.2 Å². The summed E-state index contributed by atoms with van der Waals surface area (Å²) in [6, 6.07) is 10.7. The SMILES string of the molecule is CNC(=O)c1ccc(Cl)cc1OC(=O)c1ccc(Cl)cc1. The highest BCUT2D eigenvalue weighted by Gasteiger charge is 2.16. The Hall–Kier alpha value is -2.04. The van der Waals surface area contributed by atoms with Crippen molar-refractivity contribution in [2.24, 2.45) is 0 Å². The Morgan fingerprint density at radius 2 is 1.62 bits per heavy atom. The van der Waals surface area contributed by atoms with Crippen LogP contribution in [-0.2, 0) is 0 Å². The molecule has 0 aliphatic heterocycles. The van der Waals surface area contributed by atoms with Gasteiger partial charge in [-0.3, -0.25) is 4.79 Å². The molecule has 2 aromatic carbocycles. The minimum absolute atomic E-state index is 0.0989. The van der Waals surface area contributed by atoms with Gasteiger partial charge in [0.25, 0.3) is 5.91 Å². The third kappa shape index (κ3) is 3.74. The summed E-state index contributed by atoms with van der Waals surface area (Å²) < 4.78 is 5.25. The quantitative estimate of drug-likeness (QED) is 0.694. The van der Waals surface area contributed by atoms with Crippen LogP contribution in [0.4, 0.5) is 0 Å². The van der Waals surface area contributed by atoms with E-state index in [2.05, 4.69) is 5.32 Å². The lowest BCUT2D eigenvalue weighted by Crippen LogP contribution is -2.20. The number of hydrogen-bond acceptors (Lipinski definition) is 3. The lowest BCUT2D eigenvalue weighted by molar-refractivity contribution is 0.0732. The Morgan fingerprint density at radius 1 is 1.00 bits per heavy atom. The summed E-state index contributed by atoms with van der Waals surface area (Å²) in [5, 5.41) is 3.35. The standard InChI is InChI=1S/C15H11Cl2NO3/c1-18-14(19)12-7-6-11(17)8-13(12)21-15(20)9-2-4-10(16)5-3-9/h2-8H,1H3,(H,18,19). The fraction of sp³-hybridized carbons (Fsp3) is 0.0667. The number of benzene rings is 2. The first kappa shape index (κ1) is 15.4. The van der Waals surface area contributed by atoms with Crippen molar-refractivity contribution in [1.29, 1.82) is 0 Å². The van der Waals surface area contributed by atoms with Gasteiger partial charge in [-0.1, -0.05) is 23.2 Å². The first-order valence-electron chi connectivity index (χ1n) is 6.00. The Labute approximate surface area is 131 Å². The van der Waals surface area contributed by atoms with Gasteiger partial charge < -0.3 is 10.1 Å². The monoisotopic (exact) mass is 323 g/mol. The van der Waals surface area contributed by atoms with E-state index < -0.39 is 5.97 Å². The third-order valence-electron chi connectivity index (χ3n) is 2.70. The van der Waals surface area contributed by atoms with Gasteiger partial charge in [0.1, 0.15) is 5.75 Å². The smallest absolute Gasteiger partial charge is 0.343 e. The molecule has 1 amide bonds. The van der Waals surface area contributed by atoms with E-state index in [1.54, 1.807) is 18.2 Å². The van der Waals surface area contributed by atoms with Crippen LogP contribution >= 0.6 is 23.2 Å². The number of hydrogen-bond donors (Lipinski definition) is 1. The van der Waals surface area contributed by atoms with Crippen molar-refractivity contribution in [3.8, 4) is 5.75 Å². The highest BCUT2D eigenvalue weighted by molar-refractivity contribution is 6.31. The number of halogens is 2. The highest BCUT2D eigenvalue weighted by atomic mass is 35.5. The summed E-state index contributed by atoms with van der Waals surface area (Å²) >= 11 is 11.6. The molecule has 0 aromatic heterocycles. The molecule has 2 aromatic rings. The molecule has 0 fully saturated rings. The lowest BCUT2D eigenvalue weighted by atomic mass is 10.2. The summed E-state index contributed by atoms with van der Waals surface area (Å²) in [7, 11) is 1.49. The second-order valence-corrected chi connectivity index (χ2v) is 4.99. The van der Waals surface area contributed by atoms with E-state index in [4.69, 9.17) is 27.9 Å². The van der Waals surface area contributed by atoms with Crippen LogP contribution in [-0.4, -0.2) is 18.9 Å². The summed E-state index contributed by atoms with van der Waals surface area (Å²) in [4.78, 5) is 23.8. The van der Waals surface area contributed by atoms with Crippen LogP contribution in [0.2, 0.25) is 10.0 Å². The van der Waals surface area contributed by atoms with E-state index in [0.717, 1.165) is 0 Å². The molecular weight excluding hydrogens is 313 g/mol. The summed E-state index contributed by atoms with van der Waals surface area (Å²) in [5.74, 6) is -0.869. The zero-order valence-electron chi connectivity index (χ0n) is 11.0. The van der Waals surface area contributed by atoms with Gasteiger partial charge in [-0.15, -0.1) is 0 Å². The van der Waals surface area contributed by atoms with Crippen molar-refractivity contribution in [2.45, 2.75) is 0 Å². The second kappa shape index (κ2) is 6.61. The van der Waals surface area contributed by atoms with E-state index in [1.807, 2.05) is 0 Å². The molecule has 0 atom stereocenters. The molecule has 0 heterocycles. The third-order valence-corrected chi connectivity index (χ3v) is 3.18. The largest absolute Gasteiger partial charge is 0.422 e. The maximum Gasteiger partial charge on any atom is 0.343 e. The number of amides is 1. The van der Waals surface area contributed by atoms with Gasteiger partial charge >= 0.3 is 5.97 Å². The van der Waals surface area contributed by atoms with Gasteiger partial charge in [0.15, 0.2) is 0 Å². The normalized spacial score (nSPS) is 10.0. The number of carbonyl (C=O) groups is 2. The summed E-state index contributed by atoms with van der Waals surface area (Å²) in [6.07, 6.45) is 0. The molecule has 1 N–H and O–H groups in total. The maximum absolute atomic E-state index is 12.1. The van der Waals surface area contributed by atoms with E-state index in [-0.39, 0.29) is 17.2 Å². The molecule has 0 aliphatic rings. The van der Waals surface area contributed by atoms with E-state index in [9.17, 15) is 9.59 Å². The van der Waals surface area contributed by atoms with Crippen LogP contribution in [0.3, 0.4) is 0 Å². The topological polar surface area (TPSA) is 55.4 Å². The molecule has 0 saturated carbocycles. The predicted octanol–water partition coefficient (Wildman–Crippen LogP) is 3.57. The van der Waals surface area contributed by atoms with Crippen molar-refractivity contribution in [3.63, 3.8) is 0 Å².